The Hall–Kier alpha value is -1.93. The van der Waals surface area contributed by atoms with Crippen LogP contribution in [0, 0.1) is 5.92 Å². The maximum Gasteiger partial charge on any atom is 0.158 e. The molecule has 0 spiro atoms. The van der Waals surface area contributed by atoms with E-state index in [9.17, 15) is 0 Å². The highest BCUT2D eigenvalue weighted by atomic mass is 28.3. The lowest BCUT2D eigenvalue weighted by Crippen LogP contribution is -2.25. The summed E-state index contributed by atoms with van der Waals surface area (Å²) in [4.78, 5) is 0. The van der Waals surface area contributed by atoms with Gasteiger partial charge >= 0.3 is 0 Å². The first-order valence-corrected chi connectivity index (χ1v) is 15.4. The van der Waals surface area contributed by atoms with E-state index in [1.54, 1.807) is 0 Å². The minimum Gasteiger partial charge on any atom is -0.234 e. The zero-order valence-corrected chi connectivity index (χ0v) is 21.6. The molecule has 4 rings (SSSR count). The minimum atomic E-state index is -1.42. The Labute approximate surface area is 202 Å². The fourth-order valence-corrected chi connectivity index (χ4v) is 8.71. The van der Waals surface area contributed by atoms with Gasteiger partial charge in [-0.3, -0.25) is 0 Å². The van der Waals surface area contributed by atoms with Crippen LogP contribution in [0.4, 0.5) is 4.39 Å². The summed E-state index contributed by atoms with van der Waals surface area (Å²) in [5.74, 6) is 0.539. The van der Waals surface area contributed by atoms with E-state index in [0.717, 1.165) is 29.5 Å². The lowest BCUT2D eigenvalue weighted by atomic mass is 9.79. The first kappa shape index (κ1) is 24.2. The van der Waals surface area contributed by atoms with Gasteiger partial charge in [-0.05, 0) is 53.5 Å². The normalized spacial score (nSPS) is 21.8. The maximum atomic E-state index is 16.7. The van der Waals surface area contributed by atoms with Crippen molar-refractivity contribution in [2.45, 2.75) is 89.0 Å². The van der Waals surface area contributed by atoms with E-state index in [2.05, 4.69) is 56.3 Å². The Morgan fingerprint density at radius 3 is 2.58 bits per heavy atom. The van der Waals surface area contributed by atoms with Gasteiger partial charge in [0.05, 0.1) is 0 Å². The van der Waals surface area contributed by atoms with Crippen molar-refractivity contribution in [2.75, 3.05) is 0 Å². The third kappa shape index (κ3) is 5.95. The van der Waals surface area contributed by atoms with Crippen molar-refractivity contribution in [3.8, 4) is 11.1 Å². The second-order valence-corrected chi connectivity index (χ2v) is 13.1. The number of halogens is 1. The average molecular weight is 460 g/mol. The predicted octanol–water partition coefficient (Wildman–Crippen LogP) is 9.45. The van der Waals surface area contributed by atoms with Crippen molar-refractivity contribution in [1.82, 2.24) is 0 Å². The molecular weight excluding hydrogens is 419 g/mol. The standard InChI is InChI=1S/C31H40FSi/c1-3-5-8-20-33-21-17-26(18-22-33)28-14-10-19-31(32,24-28)30-16-7-6-15-29(30)27-13-9-12-25(23-27)11-4-2/h6-7,9-10,12-16,23-24,26H,3-5,8,11,17-22H2,1-2H3. The SMILES string of the molecule is CCCCC[Si]1CCC(C2=CC(F)(c3ccccc3-c3cccc(CCC)c3)CC=C2)CC1. The van der Waals surface area contributed by atoms with Crippen LogP contribution in [0.1, 0.15) is 69.9 Å². The molecule has 0 bridgehead atoms. The second kappa shape index (κ2) is 11.5. The Morgan fingerprint density at radius 1 is 0.970 bits per heavy atom. The van der Waals surface area contributed by atoms with Gasteiger partial charge in [0.25, 0.3) is 0 Å². The topological polar surface area (TPSA) is 0 Å². The molecule has 0 amide bonds. The highest BCUT2D eigenvalue weighted by Gasteiger charge is 2.35. The van der Waals surface area contributed by atoms with Crippen LogP contribution in [0.5, 0.6) is 0 Å². The Bertz CT molecular complexity index is 966. The molecule has 2 aliphatic rings. The molecule has 1 atom stereocenters. The quantitative estimate of drug-likeness (QED) is 0.259. The molecular formula is C31H40FSi. The van der Waals surface area contributed by atoms with Gasteiger partial charge in [0.2, 0.25) is 0 Å². The van der Waals surface area contributed by atoms with Crippen LogP contribution in [-0.2, 0) is 12.1 Å². The number of allylic oxidation sites excluding steroid dienone is 4. The summed E-state index contributed by atoms with van der Waals surface area (Å²) in [5, 5.41) is 0. The van der Waals surface area contributed by atoms with E-state index in [1.165, 1.54) is 61.4 Å². The number of aryl methyl sites for hydroxylation is 1. The summed E-state index contributed by atoms with van der Waals surface area (Å²) in [6.07, 6.45) is 15.5. The highest BCUT2D eigenvalue weighted by Crippen LogP contribution is 2.44. The van der Waals surface area contributed by atoms with E-state index in [-0.39, 0.29) is 8.80 Å². The highest BCUT2D eigenvalue weighted by molar-refractivity contribution is 6.59. The maximum absolute atomic E-state index is 16.7. The molecule has 0 nitrogen and oxygen atoms in total. The number of unbranched alkanes of at least 4 members (excludes halogenated alkanes) is 2. The summed E-state index contributed by atoms with van der Waals surface area (Å²) in [6.45, 7) is 4.50. The monoisotopic (exact) mass is 459 g/mol. The number of hydrogen-bond donors (Lipinski definition) is 0. The van der Waals surface area contributed by atoms with Crippen LogP contribution in [-0.4, -0.2) is 8.80 Å². The van der Waals surface area contributed by atoms with Crippen molar-refractivity contribution >= 4 is 8.80 Å². The average Bonchev–Trinajstić information content (AvgIpc) is 2.85. The first-order valence-electron chi connectivity index (χ1n) is 13.2. The van der Waals surface area contributed by atoms with E-state index in [1.807, 2.05) is 24.3 Å². The molecule has 175 valence electrons. The van der Waals surface area contributed by atoms with Crippen molar-refractivity contribution in [3.05, 3.63) is 83.5 Å². The van der Waals surface area contributed by atoms with E-state index in [0.29, 0.717) is 12.3 Å². The predicted molar refractivity (Wildman–Crippen MR) is 143 cm³/mol. The second-order valence-electron chi connectivity index (χ2n) is 10.1. The Morgan fingerprint density at radius 2 is 1.79 bits per heavy atom. The van der Waals surface area contributed by atoms with Gasteiger partial charge in [-0.15, -0.1) is 0 Å². The molecule has 1 aliphatic carbocycles. The fourth-order valence-electron chi connectivity index (χ4n) is 5.69. The molecule has 1 heterocycles. The lowest BCUT2D eigenvalue weighted by Gasteiger charge is -2.33. The molecule has 0 N–H and O–H groups in total. The number of alkyl halides is 1. The van der Waals surface area contributed by atoms with Gasteiger partial charge in [-0.25, -0.2) is 4.39 Å². The molecule has 2 aromatic rings. The third-order valence-electron chi connectivity index (χ3n) is 7.57. The van der Waals surface area contributed by atoms with Crippen molar-refractivity contribution < 1.29 is 4.39 Å². The van der Waals surface area contributed by atoms with E-state index in [4.69, 9.17) is 0 Å². The van der Waals surface area contributed by atoms with Crippen LogP contribution in [0.3, 0.4) is 0 Å². The summed E-state index contributed by atoms with van der Waals surface area (Å²) in [6, 6.07) is 21.1. The minimum absolute atomic E-state index is 0.167. The van der Waals surface area contributed by atoms with Gasteiger partial charge in [-0.2, -0.15) is 0 Å². The molecule has 1 fully saturated rings. The van der Waals surface area contributed by atoms with Crippen LogP contribution < -0.4 is 0 Å². The van der Waals surface area contributed by atoms with E-state index < -0.39 is 5.67 Å². The summed E-state index contributed by atoms with van der Waals surface area (Å²) < 4.78 is 16.7. The molecule has 1 radical (unpaired) electrons. The van der Waals surface area contributed by atoms with Crippen LogP contribution in [0.25, 0.3) is 11.1 Å². The van der Waals surface area contributed by atoms with Crippen molar-refractivity contribution in [3.63, 3.8) is 0 Å². The van der Waals surface area contributed by atoms with Gasteiger partial charge in [0.15, 0.2) is 5.67 Å². The Kier molecular flexibility index (Phi) is 8.41. The van der Waals surface area contributed by atoms with Crippen molar-refractivity contribution in [2.24, 2.45) is 5.92 Å². The van der Waals surface area contributed by atoms with Gasteiger partial charge in [-0.1, -0.05) is 118 Å². The van der Waals surface area contributed by atoms with Gasteiger partial charge in [0.1, 0.15) is 0 Å². The molecule has 0 saturated carbocycles. The smallest absolute Gasteiger partial charge is 0.158 e. The lowest BCUT2D eigenvalue weighted by molar-refractivity contribution is 0.233. The number of hydrogen-bond acceptors (Lipinski definition) is 0. The molecule has 33 heavy (non-hydrogen) atoms. The van der Waals surface area contributed by atoms with Gasteiger partial charge in [0, 0.05) is 20.8 Å². The molecule has 1 saturated heterocycles. The Balaban J connectivity index is 1.54. The van der Waals surface area contributed by atoms with Crippen LogP contribution in [0.15, 0.2) is 72.3 Å². The van der Waals surface area contributed by atoms with Crippen molar-refractivity contribution in [1.29, 1.82) is 0 Å². The summed E-state index contributed by atoms with van der Waals surface area (Å²) >= 11 is 0. The molecule has 1 aliphatic heterocycles. The molecule has 0 aromatic heterocycles. The fraction of sp³-hybridized carbons (Fsp3) is 0.484. The first-order chi connectivity index (χ1) is 16.1. The largest absolute Gasteiger partial charge is 0.234 e. The summed E-state index contributed by atoms with van der Waals surface area (Å²) in [5.41, 5.74) is 4.14. The molecule has 2 heteroatoms. The number of benzene rings is 2. The molecule has 2 aromatic carbocycles. The van der Waals surface area contributed by atoms with Crippen LogP contribution >= 0.6 is 0 Å². The van der Waals surface area contributed by atoms with E-state index >= 15 is 4.39 Å². The summed E-state index contributed by atoms with van der Waals surface area (Å²) in [7, 11) is -0.167. The van der Waals surface area contributed by atoms with Gasteiger partial charge < -0.3 is 0 Å². The zero-order valence-electron chi connectivity index (χ0n) is 20.6. The molecule has 1 unspecified atom stereocenters. The van der Waals surface area contributed by atoms with Crippen LogP contribution in [0.2, 0.25) is 18.1 Å². The number of rotatable bonds is 9. The zero-order chi connectivity index (χ0) is 23.1. The third-order valence-corrected chi connectivity index (χ3v) is 10.6.